The quantitative estimate of drug-likeness (QED) is 0.691. The van der Waals surface area contributed by atoms with Crippen molar-refractivity contribution in [2.45, 2.75) is 0 Å². The summed E-state index contributed by atoms with van der Waals surface area (Å²) in [5.41, 5.74) is -0.606. The SMILES string of the molecule is N#CC#N.O=c1cccco1.O=c1cccco1. The van der Waals surface area contributed by atoms with E-state index in [1.165, 1.54) is 36.8 Å². The van der Waals surface area contributed by atoms with Gasteiger partial charge >= 0.3 is 11.3 Å². The first-order valence-corrected chi connectivity index (χ1v) is 4.56. The smallest absolute Gasteiger partial charge is 0.335 e. The fourth-order valence-electron chi connectivity index (χ4n) is 0.650. The molecule has 2 aromatic rings. The summed E-state index contributed by atoms with van der Waals surface area (Å²) in [5.74, 6) is 0. The highest BCUT2D eigenvalue weighted by Crippen LogP contribution is 1.72. The summed E-state index contributed by atoms with van der Waals surface area (Å²) >= 11 is 0. The molecule has 0 saturated heterocycles. The molecule has 0 spiro atoms. The van der Waals surface area contributed by atoms with Crippen molar-refractivity contribution in [3.63, 3.8) is 0 Å². The van der Waals surface area contributed by atoms with Gasteiger partial charge in [0.05, 0.1) is 12.5 Å². The minimum atomic E-state index is -0.303. The molecule has 2 heterocycles. The number of rotatable bonds is 0. The fourth-order valence-corrected chi connectivity index (χ4v) is 0.650. The molecule has 0 N–H and O–H groups in total. The van der Waals surface area contributed by atoms with Crippen LogP contribution in [0.3, 0.4) is 0 Å². The maximum atomic E-state index is 10.1. The van der Waals surface area contributed by atoms with Crippen LogP contribution in [0.15, 0.2) is 67.3 Å². The number of hydrogen-bond acceptors (Lipinski definition) is 6. The standard InChI is InChI=1S/2C5H4O2.C2N2/c2*6-5-3-1-2-4-7-5;3-1-2-4/h2*1-4H;. The van der Waals surface area contributed by atoms with Crippen LogP contribution in [0.1, 0.15) is 0 Å². The van der Waals surface area contributed by atoms with Crippen LogP contribution in [-0.4, -0.2) is 0 Å². The van der Waals surface area contributed by atoms with E-state index in [9.17, 15) is 9.59 Å². The van der Waals surface area contributed by atoms with Gasteiger partial charge < -0.3 is 8.83 Å². The van der Waals surface area contributed by atoms with E-state index in [-0.39, 0.29) is 11.3 Å². The molecule has 90 valence electrons. The number of hydrogen-bond donors (Lipinski definition) is 0. The van der Waals surface area contributed by atoms with E-state index in [0.717, 1.165) is 0 Å². The summed E-state index contributed by atoms with van der Waals surface area (Å²) < 4.78 is 8.74. The van der Waals surface area contributed by atoms with Crippen LogP contribution < -0.4 is 11.3 Å². The first kappa shape index (κ1) is 14.9. The van der Waals surface area contributed by atoms with Gasteiger partial charge in [0.15, 0.2) is 12.1 Å². The highest BCUT2D eigenvalue weighted by Gasteiger charge is 1.73. The zero-order valence-corrected chi connectivity index (χ0v) is 9.15. The Balaban J connectivity index is 0.000000253. The third kappa shape index (κ3) is 9.44. The van der Waals surface area contributed by atoms with Crippen molar-refractivity contribution in [3.8, 4) is 12.1 Å². The van der Waals surface area contributed by atoms with Crippen molar-refractivity contribution in [2.24, 2.45) is 0 Å². The summed E-state index contributed by atoms with van der Waals surface area (Å²) in [7, 11) is 0. The van der Waals surface area contributed by atoms with Crippen LogP contribution in [0.4, 0.5) is 0 Å². The van der Waals surface area contributed by atoms with E-state index in [1.54, 1.807) is 24.3 Å². The molecule has 0 saturated carbocycles. The lowest BCUT2D eigenvalue weighted by Gasteiger charge is -1.72. The molecule has 18 heavy (non-hydrogen) atoms. The van der Waals surface area contributed by atoms with Gasteiger partial charge in [0, 0.05) is 12.1 Å². The van der Waals surface area contributed by atoms with Crippen molar-refractivity contribution >= 4 is 0 Å². The monoisotopic (exact) mass is 244 g/mol. The van der Waals surface area contributed by atoms with Crippen LogP contribution in [-0.2, 0) is 0 Å². The Bertz CT molecular complexity index is 539. The fraction of sp³-hybridized carbons (Fsp3) is 0. The number of nitrogens with zero attached hydrogens (tertiary/aromatic N) is 2. The van der Waals surface area contributed by atoms with Gasteiger partial charge in [-0.2, -0.15) is 10.5 Å². The lowest BCUT2D eigenvalue weighted by molar-refractivity contribution is 0.510. The highest BCUT2D eigenvalue weighted by molar-refractivity contribution is 4.99. The summed E-state index contributed by atoms with van der Waals surface area (Å²) in [4.78, 5) is 20.2. The molecular formula is C12H8N2O4. The topological polar surface area (TPSA) is 108 Å². The van der Waals surface area contributed by atoms with E-state index >= 15 is 0 Å². The molecular weight excluding hydrogens is 236 g/mol. The van der Waals surface area contributed by atoms with E-state index < -0.39 is 0 Å². The second-order valence-corrected chi connectivity index (χ2v) is 2.47. The molecule has 0 unspecified atom stereocenters. The molecule has 2 rings (SSSR count). The minimum absolute atomic E-state index is 0.303. The van der Waals surface area contributed by atoms with Crippen LogP contribution in [0.5, 0.6) is 0 Å². The van der Waals surface area contributed by atoms with Crippen LogP contribution in [0.2, 0.25) is 0 Å². The molecule has 0 amide bonds. The van der Waals surface area contributed by atoms with Crippen LogP contribution in [0.25, 0.3) is 0 Å². The second-order valence-electron chi connectivity index (χ2n) is 2.47. The van der Waals surface area contributed by atoms with Gasteiger partial charge in [-0.25, -0.2) is 9.59 Å². The second kappa shape index (κ2) is 10.4. The minimum Gasteiger partial charge on any atom is -0.431 e. The average Bonchev–Trinajstić information content (AvgIpc) is 2.41. The molecule has 0 fully saturated rings. The third-order valence-electron chi connectivity index (χ3n) is 1.26. The van der Waals surface area contributed by atoms with Crippen molar-refractivity contribution in [1.29, 1.82) is 10.5 Å². The predicted molar refractivity (Wildman–Crippen MR) is 61.2 cm³/mol. The molecule has 6 heteroatoms. The number of nitriles is 2. The zero-order valence-electron chi connectivity index (χ0n) is 9.15. The molecule has 0 aromatic carbocycles. The largest absolute Gasteiger partial charge is 0.431 e. The average molecular weight is 244 g/mol. The van der Waals surface area contributed by atoms with Crippen molar-refractivity contribution in [3.05, 3.63) is 69.8 Å². The Morgan fingerprint density at radius 3 is 1.28 bits per heavy atom. The molecule has 6 nitrogen and oxygen atoms in total. The van der Waals surface area contributed by atoms with Gasteiger partial charge in [-0.3, -0.25) is 0 Å². The van der Waals surface area contributed by atoms with Gasteiger partial charge in [-0.1, -0.05) is 12.1 Å². The van der Waals surface area contributed by atoms with E-state index in [0.29, 0.717) is 0 Å². The van der Waals surface area contributed by atoms with Crippen LogP contribution >= 0.6 is 0 Å². The van der Waals surface area contributed by atoms with E-state index in [4.69, 9.17) is 10.5 Å². The summed E-state index contributed by atoms with van der Waals surface area (Å²) in [6.07, 6.45) is 2.70. The summed E-state index contributed by atoms with van der Waals surface area (Å²) in [6.45, 7) is 0. The van der Waals surface area contributed by atoms with Crippen molar-refractivity contribution < 1.29 is 8.83 Å². The van der Waals surface area contributed by atoms with Gasteiger partial charge in [0.25, 0.3) is 0 Å². The molecule has 0 aliphatic carbocycles. The Labute approximate surface area is 102 Å². The first-order valence-electron chi connectivity index (χ1n) is 4.56. The van der Waals surface area contributed by atoms with E-state index in [2.05, 4.69) is 8.83 Å². The molecule has 0 atom stereocenters. The normalized spacial score (nSPS) is 7.22. The first-order chi connectivity index (χ1) is 8.70. The Hall–Kier alpha value is -3.12. The molecule has 0 aliphatic heterocycles. The molecule has 0 aliphatic rings. The molecule has 0 radical (unpaired) electrons. The van der Waals surface area contributed by atoms with Crippen molar-refractivity contribution in [1.82, 2.24) is 0 Å². The Morgan fingerprint density at radius 1 is 0.778 bits per heavy atom. The zero-order chi connectivity index (χ0) is 13.6. The van der Waals surface area contributed by atoms with Gasteiger partial charge in [0.2, 0.25) is 0 Å². The van der Waals surface area contributed by atoms with Crippen molar-refractivity contribution in [2.75, 3.05) is 0 Å². The maximum Gasteiger partial charge on any atom is 0.335 e. The molecule has 0 bridgehead atoms. The van der Waals surface area contributed by atoms with Gasteiger partial charge in [-0.15, -0.1) is 0 Å². The Kier molecular flexibility index (Phi) is 8.60. The van der Waals surface area contributed by atoms with Gasteiger partial charge in [-0.05, 0) is 12.1 Å². The predicted octanol–water partition coefficient (Wildman–Crippen LogP) is 1.31. The van der Waals surface area contributed by atoms with Crippen LogP contribution in [0, 0.1) is 22.7 Å². The Morgan fingerprint density at radius 2 is 1.17 bits per heavy atom. The highest BCUT2D eigenvalue weighted by atomic mass is 16.4. The lowest BCUT2D eigenvalue weighted by atomic mass is 10.5. The van der Waals surface area contributed by atoms with Gasteiger partial charge in [0.1, 0.15) is 0 Å². The molecule has 2 aromatic heterocycles. The van der Waals surface area contributed by atoms with E-state index in [1.807, 2.05) is 0 Å². The lowest BCUT2D eigenvalue weighted by Crippen LogP contribution is -1.90. The maximum absolute atomic E-state index is 10.1. The summed E-state index contributed by atoms with van der Waals surface area (Å²) in [6, 6.07) is 11.8. The summed E-state index contributed by atoms with van der Waals surface area (Å²) in [5, 5.41) is 14.5. The third-order valence-corrected chi connectivity index (χ3v) is 1.26.